The zero-order valence-electron chi connectivity index (χ0n) is 8.32. The second-order valence-corrected chi connectivity index (χ2v) is 6.68. The lowest BCUT2D eigenvalue weighted by Crippen LogP contribution is -1.85. The second kappa shape index (κ2) is 6.52. The Bertz CT molecular complexity index is 379. The van der Waals surface area contributed by atoms with Crippen LogP contribution in [0.1, 0.15) is 13.3 Å². The molecule has 0 radical (unpaired) electrons. The van der Waals surface area contributed by atoms with Crippen molar-refractivity contribution in [1.29, 1.82) is 0 Å². The highest BCUT2D eigenvalue weighted by Gasteiger charge is 2.07. The largest absolute Gasteiger partial charge is 0.124 e. The van der Waals surface area contributed by atoms with Crippen LogP contribution in [0.5, 0.6) is 0 Å². The average Bonchev–Trinajstić information content (AvgIpc) is 2.18. The van der Waals surface area contributed by atoms with Gasteiger partial charge in [-0.25, -0.2) is 0 Å². The minimum atomic E-state index is 0.844. The fraction of sp³-hybridized carbons (Fsp3) is 0.273. The Labute approximate surface area is 122 Å². The van der Waals surface area contributed by atoms with Crippen molar-refractivity contribution in [2.45, 2.75) is 18.2 Å². The molecule has 15 heavy (non-hydrogen) atoms. The molecular formula is C11H11BrClIS. The molecule has 1 rings (SSSR count). The molecule has 0 atom stereocenters. The maximum absolute atomic E-state index is 6.23. The lowest BCUT2D eigenvalue weighted by atomic mass is 10.3. The van der Waals surface area contributed by atoms with Crippen molar-refractivity contribution >= 4 is 61.9 Å². The number of hydrogen-bond donors (Lipinski definition) is 0. The van der Waals surface area contributed by atoms with Gasteiger partial charge in [-0.05, 0) is 64.0 Å². The summed E-state index contributed by atoms with van der Waals surface area (Å²) in [5, 5.41) is 0.844. The van der Waals surface area contributed by atoms with Crippen LogP contribution in [0.2, 0.25) is 5.02 Å². The van der Waals surface area contributed by atoms with E-state index in [9.17, 15) is 0 Å². The molecule has 0 amide bonds. The van der Waals surface area contributed by atoms with E-state index in [4.69, 9.17) is 11.6 Å². The molecule has 0 aromatic heterocycles. The van der Waals surface area contributed by atoms with Gasteiger partial charge in [-0.1, -0.05) is 17.2 Å². The van der Waals surface area contributed by atoms with Crippen LogP contribution in [0.15, 0.2) is 33.7 Å². The summed E-state index contributed by atoms with van der Waals surface area (Å²) in [6, 6.07) is 4.09. The summed E-state index contributed by atoms with van der Waals surface area (Å²) in [7, 11) is 0. The second-order valence-electron chi connectivity index (χ2n) is 3.23. The van der Waals surface area contributed by atoms with Gasteiger partial charge >= 0.3 is 0 Å². The number of rotatable bonds is 4. The molecule has 0 unspecified atom stereocenters. The molecule has 0 spiro atoms. The van der Waals surface area contributed by atoms with Gasteiger partial charge in [0.1, 0.15) is 0 Å². The first-order valence-corrected chi connectivity index (χ1v) is 7.66. The summed E-state index contributed by atoms with van der Waals surface area (Å²) < 4.78 is 2.13. The smallest absolute Gasteiger partial charge is 0.0686 e. The van der Waals surface area contributed by atoms with Crippen LogP contribution in [0.4, 0.5) is 0 Å². The Morgan fingerprint density at radius 2 is 2.27 bits per heavy atom. The van der Waals surface area contributed by atoms with E-state index in [-0.39, 0.29) is 0 Å². The molecule has 1 aromatic rings. The topological polar surface area (TPSA) is 0 Å². The lowest BCUT2D eigenvalue weighted by Gasteiger charge is -2.07. The summed E-state index contributed by atoms with van der Waals surface area (Å²) in [6.45, 7) is 5.93. The Morgan fingerprint density at radius 1 is 1.60 bits per heavy atom. The van der Waals surface area contributed by atoms with E-state index in [0.29, 0.717) is 0 Å². The first-order valence-electron chi connectivity index (χ1n) is 4.43. The van der Waals surface area contributed by atoms with E-state index in [1.54, 1.807) is 11.8 Å². The van der Waals surface area contributed by atoms with Crippen LogP contribution in [-0.2, 0) is 0 Å². The van der Waals surface area contributed by atoms with Crippen LogP contribution in [0.25, 0.3) is 0 Å². The predicted molar refractivity (Wildman–Crippen MR) is 82.0 cm³/mol. The van der Waals surface area contributed by atoms with Crippen LogP contribution >= 0.6 is 61.9 Å². The van der Waals surface area contributed by atoms with Gasteiger partial charge in [0.2, 0.25) is 0 Å². The van der Waals surface area contributed by atoms with Gasteiger partial charge in [0.15, 0.2) is 0 Å². The predicted octanol–water partition coefficient (Wildman–Crippen LogP) is 5.77. The Morgan fingerprint density at radius 3 is 2.87 bits per heavy atom. The van der Waals surface area contributed by atoms with Crippen molar-refractivity contribution in [1.82, 2.24) is 0 Å². The molecular weight excluding hydrogens is 406 g/mol. The molecule has 0 N–H and O–H groups in total. The van der Waals surface area contributed by atoms with E-state index < -0.39 is 0 Å². The van der Waals surface area contributed by atoms with Crippen molar-refractivity contribution in [3.8, 4) is 0 Å². The third kappa shape index (κ3) is 4.29. The van der Waals surface area contributed by atoms with E-state index in [1.807, 2.05) is 13.0 Å². The standard InChI is InChI=1S/C11H11BrClIS/c1-7(2)5-6-15-9-4-3-8(12)11(14)10(9)13/h3-4H,1,5-6H2,2H3. The molecule has 0 fully saturated rings. The van der Waals surface area contributed by atoms with Crippen molar-refractivity contribution < 1.29 is 0 Å². The van der Waals surface area contributed by atoms with E-state index in [0.717, 1.165) is 30.1 Å². The Kier molecular flexibility index (Phi) is 6.03. The van der Waals surface area contributed by atoms with Crippen LogP contribution in [0, 0.1) is 3.57 Å². The average molecular weight is 418 g/mol. The Hall–Kier alpha value is 0.810. The zero-order chi connectivity index (χ0) is 11.4. The third-order valence-electron chi connectivity index (χ3n) is 1.79. The lowest BCUT2D eigenvalue weighted by molar-refractivity contribution is 1.12. The van der Waals surface area contributed by atoms with Gasteiger partial charge in [0.25, 0.3) is 0 Å². The minimum absolute atomic E-state index is 0.844. The molecule has 0 aliphatic rings. The van der Waals surface area contributed by atoms with Gasteiger partial charge in [-0.3, -0.25) is 0 Å². The zero-order valence-corrected chi connectivity index (χ0v) is 13.6. The van der Waals surface area contributed by atoms with E-state index >= 15 is 0 Å². The van der Waals surface area contributed by atoms with Gasteiger partial charge in [-0.2, -0.15) is 0 Å². The van der Waals surface area contributed by atoms with Gasteiger partial charge in [-0.15, -0.1) is 18.3 Å². The highest BCUT2D eigenvalue weighted by Crippen LogP contribution is 2.35. The number of allylic oxidation sites excluding steroid dienone is 1. The molecule has 4 heteroatoms. The molecule has 82 valence electrons. The molecule has 0 heterocycles. The number of hydrogen-bond acceptors (Lipinski definition) is 1. The Balaban J connectivity index is 2.70. The third-order valence-corrected chi connectivity index (χ3v) is 6.19. The van der Waals surface area contributed by atoms with Crippen molar-refractivity contribution in [3.63, 3.8) is 0 Å². The van der Waals surface area contributed by atoms with Gasteiger partial charge in [0.05, 0.1) is 5.02 Å². The fourth-order valence-electron chi connectivity index (χ4n) is 0.955. The number of thioether (sulfide) groups is 1. The summed E-state index contributed by atoms with van der Waals surface area (Å²) in [5.41, 5.74) is 1.21. The molecule has 0 bridgehead atoms. The maximum atomic E-state index is 6.23. The molecule has 0 saturated carbocycles. The summed E-state index contributed by atoms with van der Waals surface area (Å²) in [5.74, 6) is 1.03. The fourth-order valence-corrected chi connectivity index (χ4v) is 3.44. The van der Waals surface area contributed by atoms with Crippen LogP contribution in [-0.4, -0.2) is 5.75 Å². The highest BCUT2D eigenvalue weighted by molar-refractivity contribution is 14.1. The van der Waals surface area contributed by atoms with Crippen LogP contribution in [0.3, 0.4) is 0 Å². The number of halogens is 3. The molecule has 0 nitrogen and oxygen atoms in total. The summed E-state index contributed by atoms with van der Waals surface area (Å²) in [6.07, 6.45) is 1.04. The first kappa shape index (κ1) is 13.9. The summed E-state index contributed by atoms with van der Waals surface area (Å²) in [4.78, 5) is 1.14. The maximum Gasteiger partial charge on any atom is 0.0686 e. The SMILES string of the molecule is C=C(C)CCSc1ccc(Br)c(I)c1Cl. The monoisotopic (exact) mass is 416 g/mol. The molecule has 0 aliphatic heterocycles. The van der Waals surface area contributed by atoms with Crippen molar-refractivity contribution in [2.75, 3.05) is 5.75 Å². The van der Waals surface area contributed by atoms with Crippen LogP contribution < -0.4 is 0 Å². The van der Waals surface area contributed by atoms with Gasteiger partial charge < -0.3 is 0 Å². The van der Waals surface area contributed by atoms with Crippen molar-refractivity contribution in [3.05, 3.63) is 37.4 Å². The summed E-state index contributed by atoms with van der Waals surface area (Å²) >= 11 is 13.7. The highest BCUT2D eigenvalue weighted by atomic mass is 127. The van der Waals surface area contributed by atoms with E-state index in [2.05, 4.69) is 51.2 Å². The number of benzene rings is 1. The normalized spacial score (nSPS) is 10.4. The minimum Gasteiger partial charge on any atom is -0.124 e. The molecule has 1 aromatic carbocycles. The van der Waals surface area contributed by atoms with Gasteiger partial charge in [0, 0.05) is 18.7 Å². The molecule has 0 aliphatic carbocycles. The van der Waals surface area contributed by atoms with Crippen molar-refractivity contribution in [2.24, 2.45) is 0 Å². The first-order chi connectivity index (χ1) is 7.02. The van der Waals surface area contributed by atoms with E-state index in [1.165, 1.54) is 5.57 Å². The quantitative estimate of drug-likeness (QED) is 0.260. The molecule has 0 saturated heterocycles.